The average Bonchev–Trinajstić information content (AvgIpc) is 2.49. The zero-order chi connectivity index (χ0) is 17.4. The minimum atomic E-state index is -4.83. The highest BCUT2D eigenvalue weighted by Crippen LogP contribution is 2.29. The lowest BCUT2D eigenvalue weighted by Crippen LogP contribution is -2.33. The summed E-state index contributed by atoms with van der Waals surface area (Å²) in [5.74, 6) is -3.39. The summed E-state index contributed by atoms with van der Waals surface area (Å²) in [6, 6.07) is 0. The Labute approximate surface area is 125 Å². The van der Waals surface area contributed by atoms with Gasteiger partial charge in [0.05, 0.1) is 11.9 Å². The van der Waals surface area contributed by atoms with Gasteiger partial charge in [0.2, 0.25) is 5.82 Å². The number of nitrogens with zero attached hydrogens (tertiary/aromatic N) is 3. The van der Waals surface area contributed by atoms with Crippen molar-refractivity contribution in [3.8, 4) is 5.75 Å². The van der Waals surface area contributed by atoms with Crippen LogP contribution in [0.2, 0.25) is 0 Å². The van der Waals surface area contributed by atoms with Crippen molar-refractivity contribution < 1.29 is 27.9 Å². The van der Waals surface area contributed by atoms with Crippen molar-refractivity contribution in [3.05, 3.63) is 27.9 Å². The number of pyridine rings is 1. The number of aldehydes is 1. The number of aromatic hydroxyl groups is 1. The molecule has 0 unspecified atom stereocenters. The molecule has 0 saturated heterocycles. The standard InChI is InChI=1S/C12H9F3N4O4/c1-19-8-5(4-17-11(18-8)12(13,14)15)7(21)6(10(19)23)9(22)16-2-3-20/h3-4,21H,2H2,1H3,(H,16,22). The number of fused-ring (bicyclic) bond motifs is 1. The molecule has 0 aliphatic heterocycles. The summed E-state index contributed by atoms with van der Waals surface area (Å²) in [6.45, 7) is -0.400. The van der Waals surface area contributed by atoms with Crippen LogP contribution < -0.4 is 10.9 Å². The molecule has 2 rings (SSSR count). The van der Waals surface area contributed by atoms with Crippen LogP contribution in [-0.4, -0.2) is 38.4 Å². The smallest absolute Gasteiger partial charge is 0.451 e. The summed E-state index contributed by atoms with van der Waals surface area (Å²) < 4.78 is 38.6. The van der Waals surface area contributed by atoms with Gasteiger partial charge >= 0.3 is 6.18 Å². The Morgan fingerprint density at radius 3 is 2.70 bits per heavy atom. The van der Waals surface area contributed by atoms with Crippen LogP contribution >= 0.6 is 0 Å². The first-order valence-corrected chi connectivity index (χ1v) is 6.06. The topological polar surface area (TPSA) is 114 Å². The SMILES string of the molecule is Cn1c(=O)c(C(=O)NCC=O)c(O)c2cnc(C(F)(F)F)nc21. The molecule has 0 radical (unpaired) electrons. The van der Waals surface area contributed by atoms with Crippen LogP contribution in [0.3, 0.4) is 0 Å². The van der Waals surface area contributed by atoms with Crippen molar-refractivity contribution in [3.63, 3.8) is 0 Å². The molecule has 0 aliphatic rings. The molecule has 0 fully saturated rings. The summed E-state index contributed by atoms with van der Waals surface area (Å²) in [5.41, 5.74) is -2.27. The molecule has 2 aromatic rings. The quantitative estimate of drug-likeness (QED) is 0.765. The highest BCUT2D eigenvalue weighted by atomic mass is 19.4. The van der Waals surface area contributed by atoms with Crippen molar-refractivity contribution in [1.82, 2.24) is 19.9 Å². The van der Waals surface area contributed by atoms with Gasteiger partial charge in [0.1, 0.15) is 23.2 Å². The van der Waals surface area contributed by atoms with E-state index in [0.29, 0.717) is 17.1 Å². The molecule has 0 atom stereocenters. The summed E-state index contributed by atoms with van der Waals surface area (Å²) in [6.07, 6.45) is -3.81. The molecule has 2 aromatic heterocycles. The first kappa shape index (κ1) is 16.4. The first-order valence-electron chi connectivity index (χ1n) is 6.06. The summed E-state index contributed by atoms with van der Waals surface area (Å²) in [7, 11) is 1.09. The Morgan fingerprint density at radius 1 is 1.48 bits per heavy atom. The van der Waals surface area contributed by atoms with Crippen LogP contribution in [0, 0.1) is 0 Å². The monoisotopic (exact) mass is 330 g/mol. The predicted octanol–water partition coefficient (Wildman–Crippen LogP) is -0.0184. The largest absolute Gasteiger partial charge is 0.506 e. The van der Waals surface area contributed by atoms with Gasteiger partial charge in [0.25, 0.3) is 11.5 Å². The van der Waals surface area contributed by atoms with Gasteiger partial charge in [-0.3, -0.25) is 14.2 Å². The van der Waals surface area contributed by atoms with E-state index in [2.05, 4.69) is 15.3 Å². The van der Waals surface area contributed by atoms with E-state index in [-0.39, 0.29) is 5.39 Å². The molecule has 1 amide bonds. The van der Waals surface area contributed by atoms with Gasteiger partial charge in [-0.25, -0.2) is 9.97 Å². The normalized spacial score (nSPS) is 11.5. The molecule has 0 saturated carbocycles. The number of rotatable bonds is 3. The molecule has 11 heteroatoms. The zero-order valence-corrected chi connectivity index (χ0v) is 11.5. The van der Waals surface area contributed by atoms with Gasteiger partial charge in [0, 0.05) is 13.2 Å². The van der Waals surface area contributed by atoms with Gasteiger partial charge in [-0.1, -0.05) is 0 Å². The third kappa shape index (κ3) is 2.84. The maximum atomic E-state index is 12.6. The molecule has 0 spiro atoms. The first-order chi connectivity index (χ1) is 10.7. The Balaban J connectivity index is 2.74. The molecule has 8 nitrogen and oxygen atoms in total. The lowest BCUT2D eigenvalue weighted by molar-refractivity contribution is -0.144. The fourth-order valence-electron chi connectivity index (χ4n) is 1.86. The van der Waals surface area contributed by atoms with Gasteiger partial charge in [-0.15, -0.1) is 0 Å². The Morgan fingerprint density at radius 2 is 2.13 bits per heavy atom. The van der Waals surface area contributed by atoms with Crippen LogP contribution in [-0.2, 0) is 18.0 Å². The fraction of sp³-hybridized carbons (Fsp3) is 0.250. The van der Waals surface area contributed by atoms with E-state index >= 15 is 0 Å². The third-order valence-electron chi connectivity index (χ3n) is 2.92. The molecule has 2 heterocycles. The average molecular weight is 330 g/mol. The van der Waals surface area contributed by atoms with Crippen LogP contribution in [0.5, 0.6) is 5.75 Å². The van der Waals surface area contributed by atoms with Gasteiger partial charge < -0.3 is 15.2 Å². The van der Waals surface area contributed by atoms with E-state index in [1.165, 1.54) is 0 Å². The minimum absolute atomic E-state index is 0.309. The van der Waals surface area contributed by atoms with Crippen molar-refractivity contribution >= 4 is 23.2 Å². The second-order valence-corrected chi connectivity index (χ2v) is 4.39. The summed E-state index contributed by atoms with van der Waals surface area (Å²) >= 11 is 0. The minimum Gasteiger partial charge on any atom is -0.506 e. The molecule has 2 N–H and O–H groups in total. The number of nitrogens with one attached hydrogen (secondary N) is 1. The molecule has 0 aromatic carbocycles. The van der Waals surface area contributed by atoms with Crippen LogP contribution in [0.15, 0.2) is 11.0 Å². The third-order valence-corrected chi connectivity index (χ3v) is 2.92. The molecular weight excluding hydrogens is 321 g/mol. The number of alkyl halides is 3. The molecule has 122 valence electrons. The Bertz CT molecular complexity index is 860. The molecule has 0 aliphatic carbocycles. The number of aromatic nitrogens is 3. The maximum absolute atomic E-state index is 12.6. The number of carbonyl (C=O) groups excluding carboxylic acids is 2. The highest BCUT2D eigenvalue weighted by Gasteiger charge is 2.35. The Hall–Kier alpha value is -2.98. The van der Waals surface area contributed by atoms with Crippen LogP contribution in [0.1, 0.15) is 16.2 Å². The van der Waals surface area contributed by atoms with E-state index in [0.717, 1.165) is 7.05 Å². The van der Waals surface area contributed by atoms with Gasteiger partial charge in [-0.2, -0.15) is 13.2 Å². The number of aryl methyl sites for hydroxylation is 1. The van der Waals surface area contributed by atoms with Crippen molar-refractivity contribution in [1.29, 1.82) is 0 Å². The molecule has 0 bridgehead atoms. The summed E-state index contributed by atoms with van der Waals surface area (Å²) in [4.78, 5) is 40.4. The van der Waals surface area contributed by atoms with Gasteiger partial charge in [-0.05, 0) is 0 Å². The predicted molar refractivity (Wildman–Crippen MR) is 69.8 cm³/mol. The van der Waals surface area contributed by atoms with Crippen molar-refractivity contribution in [2.45, 2.75) is 6.18 Å². The van der Waals surface area contributed by atoms with Gasteiger partial charge in [0.15, 0.2) is 0 Å². The van der Waals surface area contributed by atoms with E-state index in [9.17, 15) is 32.7 Å². The highest BCUT2D eigenvalue weighted by molar-refractivity contribution is 6.02. The molecule has 23 heavy (non-hydrogen) atoms. The van der Waals surface area contributed by atoms with Crippen molar-refractivity contribution in [2.75, 3.05) is 6.54 Å². The van der Waals surface area contributed by atoms with E-state index in [1.54, 1.807) is 0 Å². The number of halogens is 3. The second kappa shape index (κ2) is 5.66. The van der Waals surface area contributed by atoms with E-state index < -0.39 is 47.0 Å². The lowest BCUT2D eigenvalue weighted by atomic mass is 10.1. The van der Waals surface area contributed by atoms with Crippen molar-refractivity contribution in [2.24, 2.45) is 7.05 Å². The maximum Gasteiger partial charge on any atom is 0.451 e. The number of amides is 1. The fourth-order valence-corrected chi connectivity index (χ4v) is 1.86. The molecular formula is C12H9F3N4O4. The lowest BCUT2D eigenvalue weighted by Gasteiger charge is -2.12. The second-order valence-electron chi connectivity index (χ2n) is 4.39. The van der Waals surface area contributed by atoms with Crippen LogP contribution in [0.25, 0.3) is 11.0 Å². The summed E-state index contributed by atoms with van der Waals surface area (Å²) in [5, 5.41) is 11.7. The number of hydrogen-bond acceptors (Lipinski definition) is 6. The zero-order valence-electron chi connectivity index (χ0n) is 11.5. The number of carbonyl (C=O) groups is 2. The van der Waals surface area contributed by atoms with E-state index in [4.69, 9.17) is 0 Å². The number of hydrogen-bond donors (Lipinski definition) is 2. The Kier molecular flexibility index (Phi) is 4.04. The van der Waals surface area contributed by atoms with E-state index in [1.807, 2.05) is 0 Å². The van der Waals surface area contributed by atoms with Crippen LogP contribution in [0.4, 0.5) is 13.2 Å².